The minimum atomic E-state index is -4.52. The predicted octanol–water partition coefficient (Wildman–Crippen LogP) is 3.98. The molecule has 0 aromatic carbocycles. The van der Waals surface area contributed by atoms with E-state index in [1.165, 1.54) is 18.9 Å². The first kappa shape index (κ1) is 17.9. The molecule has 2 aromatic rings. The summed E-state index contributed by atoms with van der Waals surface area (Å²) in [4.78, 5) is 16.5. The summed E-state index contributed by atoms with van der Waals surface area (Å²) in [5.41, 5.74) is -0.704. The lowest BCUT2D eigenvalue weighted by atomic mass is 10.2. The number of pyridine rings is 1. The standard InChI is InChI=1S/C18H21F3N6/c1-10(12-4-5-12)24-17-26-15(25-16(27-17)23-9-11-2-3-11)13-6-7-22-14(8-13)18(19,20)21/h6-8,10-12H,2-5,9H2,1H3,(H2,23,24,25,26,27). The smallest absolute Gasteiger partial charge is 0.354 e. The van der Waals surface area contributed by atoms with Crippen LogP contribution in [0.25, 0.3) is 11.4 Å². The largest absolute Gasteiger partial charge is 0.433 e. The van der Waals surface area contributed by atoms with Crippen LogP contribution in [0.2, 0.25) is 0 Å². The third kappa shape index (κ3) is 4.64. The van der Waals surface area contributed by atoms with E-state index in [-0.39, 0.29) is 17.4 Å². The second kappa shape index (κ2) is 6.94. The van der Waals surface area contributed by atoms with E-state index in [2.05, 4.69) is 37.5 Å². The van der Waals surface area contributed by atoms with E-state index >= 15 is 0 Å². The third-order valence-electron chi connectivity index (χ3n) is 4.88. The van der Waals surface area contributed by atoms with Crippen LogP contribution in [0.1, 0.15) is 38.3 Å². The predicted molar refractivity (Wildman–Crippen MR) is 95.1 cm³/mol. The van der Waals surface area contributed by atoms with Crippen molar-refractivity contribution in [3.63, 3.8) is 0 Å². The molecule has 2 fully saturated rings. The third-order valence-corrected chi connectivity index (χ3v) is 4.88. The monoisotopic (exact) mass is 378 g/mol. The quantitative estimate of drug-likeness (QED) is 0.759. The molecule has 2 heterocycles. The lowest BCUT2D eigenvalue weighted by Crippen LogP contribution is -2.20. The molecule has 2 aromatic heterocycles. The number of nitrogens with one attached hydrogen (secondary N) is 2. The van der Waals surface area contributed by atoms with Crippen LogP contribution in [0.3, 0.4) is 0 Å². The number of nitrogens with zero attached hydrogens (tertiary/aromatic N) is 4. The van der Waals surface area contributed by atoms with Crippen LogP contribution >= 0.6 is 0 Å². The molecular weight excluding hydrogens is 357 g/mol. The van der Waals surface area contributed by atoms with Gasteiger partial charge >= 0.3 is 6.18 Å². The average molecular weight is 378 g/mol. The van der Waals surface area contributed by atoms with Crippen LogP contribution in [0.4, 0.5) is 25.1 Å². The molecule has 0 bridgehead atoms. The summed E-state index contributed by atoms with van der Waals surface area (Å²) in [6.07, 6.45) is 1.29. The van der Waals surface area contributed by atoms with Gasteiger partial charge < -0.3 is 10.6 Å². The molecule has 4 rings (SSSR count). The molecule has 1 atom stereocenters. The van der Waals surface area contributed by atoms with E-state index in [1.54, 1.807) is 0 Å². The summed E-state index contributed by atoms with van der Waals surface area (Å²) >= 11 is 0. The van der Waals surface area contributed by atoms with Crippen molar-refractivity contribution >= 4 is 11.9 Å². The van der Waals surface area contributed by atoms with Crippen molar-refractivity contribution in [2.24, 2.45) is 11.8 Å². The van der Waals surface area contributed by atoms with Crippen LogP contribution in [0.15, 0.2) is 18.3 Å². The van der Waals surface area contributed by atoms with E-state index < -0.39 is 11.9 Å². The van der Waals surface area contributed by atoms with Gasteiger partial charge in [0.15, 0.2) is 5.82 Å². The molecular formula is C18H21F3N6. The Hall–Kier alpha value is -2.45. The van der Waals surface area contributed by atoms with Crippen LogP contribution in [-0.2, 0) is 6.18 Å². The van der Waals surface area contributed by atoms with Gasteiger partial charge in [-0.15, -0.1) is 0 Å². The van der Waals surface area contributed by atoms with Gasteiger partial charge in [0.05, 0.1) is 0 Å². The van der Waals surface area contributed by atoms with E-state index in [1.807, 2.05) is 0 Å². The SMILES string of the molecule is CC(Nc1nc(NCC2CC2)nc(-c2ccnc(C(F)(F)F)c2)n1)C1CC1. The van der Waals surface area contributed by atoms with E-state index in [0.29, 0.717) is 23.7 Å². The molecule has 6 nitrogen and oxygen atoms in total. The Labute approximate surface area is 155 Å². The summed E-state index contributed by atoms with van der Waals surface area (Å²) in [5.74, 6) is 2.16. The molecule has 2 saturated carbocycles. The minimum Gasteiger partial charge on any atom is -0.354 e. The first-order valence-electron chi connectivity index (χ1n) is 9.18. The summed E-state index contributed by atoms with van der Waals surface area (Å²) in [7, 11) is 0. The van der Waals surface area contributed by atoms with Gasteiger partial charge in [-0.2, -0.15) is 28.1 Å². The lowest BCUT2D eigenvalue weighted by molar-refractivity contribution is -0.141. The minimum absolute atomic E-state index is 0.196. The van der Waals surface area contributed by atoms with Crippen molar-refractivity contribution in [3.8, 4) is 11.4 Å². The molecule has 2 aliphatic rings. The molecule has 2 aliphatic carbocycles. The summed E-state index contributed by atoms with van der Waals surface area (Å²) < 4.78 is 39.0. The molecule has 0 aliphatic heterocycles. The van der Waals surface area contributed by atoms with Gasteiger partial charge in [-0.3, -0.25) is 4.98 Å². The average Bonchev–Trinajstić information content (AvgIpc) is 3.53. The molecule has 27 heavy (non-hydrogen) atoms. The fourth-order valence-electron chi connectivity index (χ4n) is 2.85. The number of hydrogen-bond acceptors (Lipinski definition) is 6. The van der Waals surface area contributed by atoms with E-state index in [0.717, 1.165) is 31.6 Å². The highest BCUT2D eigenvalue weighted by Gasteiger charge is 2.33. The topological polar surface area (TPSA) is 75.6 Å². The Bertz CT molecular complexity index is 817. The van der Waals surface area contributed by atoms with Gasteiger partial charge in [0.25, 0.3) is 0 Å². The Kier molecular flexibility index (Phi) is 4.61. The molecule has 0 amide bonds. The normalized spacial score (nSPS) is 18.2. The summed E-state index contributed by atoms with van der Waals surface area (Å²) in [6.45, 7) is 2.82. The highest BCUT2D eigenvalue weighted by molar-refractivity contribution is 5.58. The van der Waals surface area contributed by atoms with E-state index in [9.17, 15) is 13.2 Å². The zero-order chi connectivity index (χ0) is 19.0. The Morgan fingerprint density at radius 1 is 1.11 bits per heavy atom. The van der Waals surface area contributed by atoms with Crippen molar-refractivity contribution in [2.75, 3.05) is 17.2 Å². The van der Waals surface area contributed by atoms with Gasteiger partial charge in [-0.25, -0.2) is 0 Å². The van der Waals surface area contributed by atoms with Crippen molar-refractivity contribution in [3.05, 3.63) is 24.0 Å². The molecule has 2 N–H and O–H groups in total. The number of alkyl halides is 3. The number of rotatable bonds is 7. The van der Waals surface area contributed by atoms with Crippen LogP contribution in [0.5, 0.6) is 0 Å². The van der Waals surface area contributed by atoms with Crippen molar-refractivity contribution in [2.45, 2.75) is 44.8 Å². The molecule has 9 heteroatoms. The fraction of sp³-hybridized carbons (Fsp3) is 0.556. The number of halogens is 3. The van der Waals surface area contributed by atoms with Gasteiger partial charge in [0.1, 0.15) is 5.69 Å². The maximum absolute atomic E-state index is 13.0. The molecule has 1 unspecified atom stereocenters. The van der Waals surface area contributed by atoms with Crippen LogP contribution in [-0.4, -0.2) is 32.5 Å². The molecule has 0 saturated heterocycles. The van der Waals surface area contributed by atoms with Gasteiger partial charge in [0, 0.05) is 24.3 Å². The maximum atomic E-state index is 13.0. The van der Waals surface area contributed by atoms with E-state index in [4.69, 9.17) is 0 Å². The van der Waals surface area contributed by atoms with Crippen molar-refractivity contribution in [1.82, 2.24) is 19.9 Å². The van der Waals surface area contributed by atoms with Crippen molar-refractivity contribution in [1.29, 1.82) is 0 Å². The second-order valence-electron chi connectivity index (χ2n) is 7.33. The number of hydrogen-bond donors (Lipinski definition) is 2. The first-order chi connectivity index (χ1) is 12.9. The zero-order valence-corrected chi connectivity index (χ0v) is 14.9. The van der Waals surface area contributed by atoms with Gasteiger partial charge in [-0.1, -0.05) is 0 Å². The number of aromatic nitrogens is 4. The van der Waals surface area contributed by atoms with Gasteiger partial charge in [0.2, 0.25) is 11.9 Å². The van der Waals surface area contributed by atoms with Gasteiger partial charge in [-0.05, 0) is 56.6 Å². The highest BCUT2D eigenvalue weighted by Crippen LogP contribution is 2.34. The second-order valence-corrected chi connectivity index (χ2v) is 7.33. The molecule has 144 valence electrons. The number of anilines is 2. The van der Waals surface area contributed by atoms with Crippen LogP contribution in [0, 0.1) is 11.8 Å². The fourth-order valence-corrected chi connectivity index (χ4v) is 2.85. The Balaban J connectivity index is 1.63. The summed E-state index contributed by atoms with van der Waals surface area (Å²) in [5, 5.41) is 6.44. The maximum Gasteiger partial charge on any atom is 0.433 e. The highest BCUT2D eigenvalue weighted by atomic mass is 19.4. The Morgan fingerprint density at radius 3 is 2.52 bits per heavy atom. The zero-order valence-electron chi connectivity index (χ0n) is 14.9. The molecule has 0 spiro atoms. The lowest BCUT2D eigenvalue weighted by Gasteiger charge is -2.15. The summed E-state index contributed by atoms with van der Waals surface area (Å²) in [6, 6.07) is 2.65. The first-order valence-corrected chi connectivity index (χ1v) is 9.18. The van der Waals surface area contributed by atoms with Crippen molar-refractivity contribution < 1.29 is 13.2 Å². The Morgan fingerprint density at radius 2 is 1.85 bits per heavy atom. The van der Waals surface area contributed by atoms with Crippen LogP contribution < -0.4 is 10.6 Å². The molecule has 0 radical (unpaired) electrons.